The van der Waals surface area contributed by atoms with Gasteiger partial charge in [-0.25, -0.2) is 14.8 Å². The van der Waals surface area contributed by atoms with E-state index in [-0.39, 0.29) is 17.7 Å². The summed E-state index contributed by atoms with van der Waals surface area (Å²) >= 11 is 0. The minimum Gasteiger partial charge on any atom is -0.475 e. The van der Waals surface area contributed by atoms with E-state index in [0.29, 0.717) is 31.9 Å². The number of nitrogens with zero attached hydrogens (tertiary/aromatic N) is 6. The Kier molecular flexibility index (Phi) is 8.10. The van der Waals surface area contributed by atoms with Crippen molar-refractivity contribution < 1.29 is 32.7 Å². The van der Waals surface area contributed by atoms with Gasteiger partial charge in [0, 0.05) is 64.8 Å². The molecule has 0 spiro atoms. The van der Waals surface area contributed by atoms with E-state index in [1.807, 2.05) is 37.2 Å². The number of pyridine rings is 1. The van der Waals surface area contributed by atoms with Crippen molar-refractivity contribution in [2.45, 2.75) is 19.0 Å². The van der Waals surface area contributed by atoms with E-state index >= 15 is 0 Å². The zero-order valence-corrected chi connectivity index (χ0v) is 19.9. The van der Waals surface area contributed by atoms with E-state index in [1.54, 1.807) is 17.3 Å². The third kappa shape index (κ3) is 5.89. The van der Waals surface area contributed by atoms with Crippen molar-refractivity contribution in [3.63, 3.8) is 0 Å². The molecule has 0 aliphatic carbocycles. The van der Waals surface area contributed by atoms with Gasteiger partial charge in [0.25, 0.3) is 5.91 Å². The summed E-state index contributed by atoms with van der Waals surface area (Å²) in [5, 5.41) is 7.12. The number of carbonyl (C=O) groups is 3. The van der Waals surface area contributed by atoms with Crippen LogP contribution in [-0.2, 0) is 9.59 Å². The first-order chi connectivity index (χ1) is 17.0. The van der Waals surface area contributed by atoms with Gasteiger partial charge in [0.05, 0.1) is 11.6 Å². The van der Waals surface area contributed by atoms with E-state index in [9.17, 15) is 22.8 Å². The fourth-order valence-corrected chi connectivity index (χ4v) is 4.70. The lowest BCUT2D eigenvalue weighted by molar-refractivity contribution is -0.192. The van der Waals surface area contributed by atoms with Crippen molar-refractivity contribution in [2.75, 3.05) is 45.2 Å². The van der Waals surface area contributed by atoms with Crippen LogP contribution in [0.2, 0.25) is 0 Å². The molecule has 2 aliphatic rings. The lowest BCUT2D eigenvalue weighted by atomic mass is 9.74. The number of alkyl halides is 3. The SMILES string of the molecule is CN(C)C(=O)[C@]12CCCN(C(=O)c3cnccn3)C[C@H]1CN(c1ccccn1)C2.O=C(O)C(F)(F)F. The number of halogens is 3. The number of hydrogen-bond acceptors (Lipinski definition) is 7. The highest BCUT2D eigenvalue weighted by molar-refractivity contribution is 5.92. The molecule has 0 radical (unpaired) electrons. The Morgan fingerprint density at radius 1 is 1.11 bits per heavy atom. The molecule has 2 aliphatic heterocycles. The molecule has 2 aromatic heterocycles. The van der Waals surface area contributed by atoms with Crippen LogP contribution in [0.4, 0.5) is 19.0 Å². The number of amides is 2. The molecule has 0 aromatic carbocycles. The van der Waals surface area contributed by atoms with Crippen LogP contribution in [0.3, 0.4) is 0 Å². The highest BCUT2D eigenvalue weighted by Crippen LogP contribution is 2.45. The summed E-state index contributed by atoms with van der Waals surface area (Å²) in [5.74, 6) is -1.84. The molecule has 0 saturated carbocycles. The Morgan fingerprint density at radius 3 is 2.39 bits per heavy atom. The molecule has 2 aromatic rings. The molecular formula is C23H27F3N6O4. The maximum atomic E-state index is 13.3. The summed E-state index contributed by atoms with van der Waals surface area (Å²) in [4.78, 5) is 53.6. The smallest absolute Gasteiger partial charge is 0.475 e. The molecule has 1 N–H and O–H groups in total. The van der Waals surface area contributed by atoms with E-state index in [2.05, 4.69) is 19.9 Å². The Bertz CT molecular complexity index is 1070. The normalized spacial score (nSPS) is 21.5. The molecule has 2 atom stereocenters. The van der Waals surface area contributed by atoms with Crippen LogP contribution in [0.5, 0.6) is 0 Å². The molecule has 36 heavy (non-hydrogen) atoms. The van der Waals surface area contributed by atoms with Gasteiger partial charge in [-0.1, -0.05) is 6.07 Å². The van der Waals surface area contributed by atoms with Gasteiger partial charge in [-0.05, 0) is 25.0 Å². The van der Waals surface area contributed by atoms with Crippen molar-refractivity contribution >= 4 is 23.6 Å². The number of carboxylic acid groups (broad SMARTS) is 1. The highest BCUT2D eigenvalue weighted by Gasteiger charge is 2.54. The van der Waals surface area contributed by atoms with Crippen LogP contribution >= 0.6 is 0 Å². The van der Waals surface area contributed by atoms with Gasteiger partial charge in [-0.2, -0.15) is 13.2 Å². The molecule has 0 unspecified atom stereocenters. The van der Waals surface area contributed by atoms with Crippen LogP contribution in [0.1, 0.15) is 23.3 Å². The molecule has 0 bridgehead atoms. The monoisotopic (exact) mass is 508 g/mol. The van der Waals surface area contributed by atoms with Crippen molar-refractivity contribution in [3.8, 4) is 0 Å². The summed E-state index contributed by atoms with van der Waals surface area (Å²) < 4.78 is 31.7. The first kappa shape index (κ1) is 26.8. The Labute approximate surface area is 205 Å². The lowest BCUT2D eigenvalue weighted by Crippen LogP contribution is -2.47. The predicted molar refractivity (Wildman–Crippen MR) is 122 cm³/mol. The van der Waals surface area contributed by atoms with Gasteiger partial charge < -0.3 is 19.8 Å². The number of rotatable bonds is 3. The third-order valence-corrected chi connectivity index (χ3v) is 6.30. The molecule has 13 heteroatoms. The summed E-state index contributed by atoms with van der Waals surface area (Å²) in [7, 11) is 3.62. The standard InChI is InChI=1S/C21H26N6O2.C2HF3O2/c1-25(2)20(29)21-7-5-11-26(19(28)17-12-22-9-10-23-17)13-16(21)14-27(15-21)18-6-3-4-8-24-18;3-2(4,5)1(6)7/h3-4,6,8-10,12,16H,5,7,11,13-15H2,1-2H3;(H,6,7)/t16-,21-;/m0./s1. The largest absolute Gasteiger partial charge is 0.490 e. The van der Waals surface area contributed by atoms with Crippen molar-refractivity contribution in [1.29, 1.82) is 0 Å². The molecule has 4 rings (SSSR count). The molecule has 10 nitrogen and oxygen atoms in total. The maximum Gasteiger partial charge on any atom is 0.490 e. The number of aliphatic carboxylic acids is 1. The molecule has 4 heterocycles. The molecule has 2 saturated heterocycles. The second-order valence-electron chi connectivity index (χ2n) is 8.87. The number of anilines is 1. The number of hydrogen-bond donors (Lipinski definition) is 1. The zero-order chi connectivity index (χ0) is 26.5. The van der Waals surface area contributed by atoms with Gasteiger partial charge in [0.1, 0.15) is 11.5 Å². The fourth-order valence-electron chi connectivity index (χ4n) is 4.70. The summed E-state index contributed by atoms with van der Waals surface area (Å²) in [6.45, 7) is 2.47. The van der Waals surface area contributed by atoms with Crippen LogP contribution in [0, 0.1) is 11.3 Å². The zero-order valence-electron chi connectivity index (χ0n) is 19.9. The molecule has 2 amide bonds. The third-order valence-electron chi connectivity index (χ3n) is 6.30. The lowest BCUT2D eigenvalue weighted by Gasteiger charge is -2.34. The summed E-state index contributed by atoms with van der Waals surface area (Å²) in [6, 6.07) is 5.82. The van der Waals surface area contributed by atoms with Crippen LogP contribution in [-0.4, -0.2) is 94.1 Å². The number of carboxylic acids is 1. The van der Waals surface area contributed by atoms with Gasteiger partial charge in [0.15, 0.2) is 0 Å². The summed E-state index contributed by atoms with van der Waals surface area (Å²) in [5.41, 5.74) is -0.170. The fraction of sp³-hybridized carbons (Fsp3) is 0.478. The molecule has 2 fully saturated rings. The van der Waals surface area contributed by atoms with Gasteiger partial charge in [0.2, 0.25) is 5.91 Å². The topological polar surface area (TPSA) is 120 Å². The van der Waals surface area contributed by atoms with Gasteiger partial charge >= 0.3 is 12.1 Å². The minimum atomic E-state index is -5.08. The van der Waals surface area contributed by atoms with E-state index in [0.717, 1.165) is 18.7 Å². The average Bonchev–Trinajstić information content (AvgIpc) is 3.12. The average molecular weight is 509 g/mol. The molecule has 194 valence electrons. The first-order valence-corrected chi connectivity index (χ1v) is 11.2. The maximum absolute atomic E-state index is 13.3. The number of aromatic nitrogens is 3. The minimum absolute atomic E-state index is 0.0301. The van der Waals surface area contributed by atoms with Crippen molar-refractivity contribution in [1.82, 2.24) is 24.8 Å². The van der Waals surface area contributed by atoms with Crippen molar-refractivity contribution in [2.24, 2.45) is 11.3 Å². The number of likely N-dealkylation sites (tertiary alicyclic amines) is 1. The van der Waals surface area contributed by atoms with Gasteiger partial charge in [-0.15, -0.1) is 0 Å². The highest BCUT2D eigenvalue weighted by atomic mass is 19.4. The van der Waals surface area contributed by atoms with E-state index in [1.165, 1.54) is 12.4 Å². The number of fused-ring (bicyclic) bond motifs is 1. The second-order valence-corrected chi connectivity index (χ2v) is 8.87. The van der Waals surface area contributed by atoms with Gasteiger partial charge in [-0.3, -0.25) is 14.6 Å². The Balaban J connectivity index is 0.000000454. The van der Waals surface area contributed by atoms with E-state index < -0.39 is 17.6 Å². The van der Waals surface area contributed by atoms with Crippen LogP contribution in [0.25, 0.3) is 0 Å². The Hall–Kier alpha value is -3.77. The first-order valence-electron chi connectivity index (χ1n) is 11.2. The Morgan fingerprint density at radius 2 is 1.83 bits per heavy atom. The van der Waals surface area contributed by atoms with Crippen molar-refractivity contribution in [3.05, 3.63) is 48.7 Å². The van der Waals surface area contributed by atoms with Crippen LogP contribution in [0.15, 0.2) is 43.0 Å². The van der Waals surface area contributed by atoms with Crippen LogP contribution < -0.4 is 4.90 Å². The van der Waals surface area contributed by atoms with E-state index in [4.69, 9.17) is 9.90 Å². The summed E-state index contributed by atoms with van der Waals surface area (Å²) in [6.07, 6.45) is 2.81. The number of carbonyl (C=O) groups excluding carboxylic acids is 2. The quantitative estimate of drug-likeness (QED) is 0.668. The second kappa shape index (κ2) is 10.9. The molecular weight excluding hydrogens is 481 g/mol. The predicted octanol–water partition coefficient (Wildman–Crippen LogP) is 1.95.